The molecule has 0 bridgehead atoms. The average molecular weight is 339 g/mol. The van der Waals surface area contributed by atoms with Crippen molar-refractivity contribution in [3.63, 3.8) is 0 Å². The van der Waals surface area contributed by atoms with Crippen molar-refractivity contribution in [3.05, 3.63) is 45.3 Å². The van der Waals surface area contributed by atoms with E-state index in [0.29, 0.717) is 10.5 Å². The van der Waals surface area contributed by atoms with Crippen molar-refractivity contribution >= 4 is 32.5 Å². The molecule has 2 heterocycles. The first-order valence-corrected chi connectivity index (χ1v) is 8.66. The van der Waals surface area contributed by atoms with E-state index in [1.165, 1.54) is 39.4 Å². The van der Waals surface area contributed by atoms with Crippen LogP contribution in [0.2, 0.25) is 0 Å². The van der Waals surface area contributed by atoms with Crippen molar-refractivity contribution in [3.8, 4) is 0 Å². The van der Waals surface area contributed by atoms with E-state index in [9.17, 15) is 13.2 Å². The summed E-state index contributed by atoms with van der Waals surface area (Å²) < 4.78 is 32.7. The Morgan fingerprint density at radius 2 is 2.18 bits per heavy atom. The predicted molar refractivity (Wildman–Crippen MR) is 82.2 cm³/mol. The first-order chi connectivity index (χ1) is 10.4. The molecular weight excluding hydrogens is 326 g/mol. The molecule has 0 fully saturated rings. The summed E-state index contributed by atoms with van der Waals surface area (Å²) in [6.07, 6.45) is 1.63. The third-order valence-electron chi connectivity index (χ3n) is 3.31. The van der Waals surface area contributed by atoms with E-state index < -0.39 is 15.8 Å². The van der Waals surface area contributed by atoms with Gasteiger partial charge < -0.3 is 4.42 Å². The van der Waals surface area contributed by atoms with Crippen molar-refractivity contribution in [1.82, 2.24) is 13.9 Å². The molecule has 3 aromatic rings. The van der Waals surface area contributed by atoms with Gasteiger partial charge in [-0.3, -0.25) is 4.57 Å². The van der Waals surface area contributed by atoms with Crippen molar-refractivity contribution in [2.45, 2.75) is 11.4 Å². The summed E-state index contributed by atoms with van der Waals surface area (Å²) in [5.41, 5.74) is 0.794. The Hall–Kier alpha value is -1.97. The predicted octanol–water partition coefficient (Wildman–Crippen LogP) is 1.41. The highest BCUT2D eigenvalue weighted by Crippen LogP contribution is 2.22. The Kier molecular flexibility index (Phi) is 3.63. The van der Waals surface area contributed by atoms with Crippen LogP contribution < -0.4 is 5.76 Å². The van der Waals surface area contributed by atoms with Crippen LogP contribution in [0.3, 0.4) is 0 Å². The number of thiazole rings is 1. The number of aromatic nitrogens is 2. The Morgan fingerprint density at radius 1 is 1.41 bits per heavy atom. The van der Waals surface area contributed by atoms with Gasteiger partial charge in [0.1, 0.15) is 5.01 Å². The molecule has 0 saturated carbocycles. The smallest absolute Gasteiger partial charge is 0.408 e. The molecule has 2 aromatic heterocycles. The van der Waals surface area contributed by atoms with Crippen LogP contribution in [-0.4, -0.2) is 29.3 Å². The van der Waals surface area contributed by atoms with Crippen LogP contribution in [0.15, 0.2) is 43.9 Å². The maximum absolute atomic E-state index is 12.6. The summed E-state index contributed by atoms with van der Waals surface area (Å²) in [7, 11) is -0.627. The van der Waals surface area contributed by atoms with Crippen LogP contribution in [-0.2, 0) is 23.6 Å². The topological polar surface area (TPSA) is 85.4 Å². The molecule has 0 N–H and O–H groups in total. The van der Waals surface area contributed by atoms with Gasteiger partial charge in [0.05, 0.1) is 17.0 Å². The zero-order chi connectivity index (χ0) is 15.9. The second kappa shape index (κ2) is 5.34. The molecule has 0 saturated heterocycles. The fourth-order valence-corrected chi connectivity index (χ4v) is 3.96. The van der Waals surface area contributed by atoms with Crippen molar-refractivity contribution in [1.29, 1.82) is 0 Å². The van der Waals surface area contributed by atoms with E-state index in [4.69, 9.17) is 4.42 Å². The van der Waals surface area contributed by atoms with Crippen LogP contribution in [0, 0.1) is 0 Å². The minimum Gasteiger partial charge on any atom is -0.408 e. The van der Waals surface area contributed by atoms with Crippen molar-refractivity contribution < 1.29 is 12.8 Å². The van der Waals surface area contributed by atoms with E-state index in [0.717, 1.165) is 0 Å². The number of nitrogens with zero attached hydrogens (tertiary/aromatic N) is 3. The molecular formula is C13H13N3O4S2. The number of sulfonamides is 1. The van der Waals surface area contributed by atoms with Crippen molar-refractivity contribution in [2.75, 3.05) is 7.05 Å². The summed E-state index contributed by atoms with van der Waals surface area (Å²) in [6, 6.07) is 4.39. The Balaban J connectivity index is 1.99. The quantitative estimate of drug-likeness (QED) is 0.717. The van der Waals surface area contributed by atoms with E-state index in [2.05, 4.69) is 4.98 Å². The lowest BCUT2D eigenvalue weighted by molar-refractivity contribution is 0.465. The van der Waals surface area contributed by atoms with Gasteiger partial charge in [-0.05, 0) is 12.1 Å². The maximum atomic E-state index is 12.6. The fourth-order valence-electron chi connectivity index (χ4n) is 2.06. The number of rotatable bonds is 4. The van der Waals surface area contributed by atoms with E-state index in [-0.39, 0.29) is 17.0 Å². The summed E-state index contributed by atoms with van der Waals surface area (Å²) in [4.78, 5) is 15.6. The van der Waals surface area contributed by atoms with Gasteiger partial charge in [0.15, 0.2) is 5.58 Å². The normalized spacial score (nSPS) is 12.3. The second-order valence-electron chi connectivity index (χ2n) is 4.74. The zero-order valence-corrected chi connectivity index (χ0v) is 13.5. The molecule has 9 heteroatoms. The summed E-state index contributed by atoms with van der Waals surface area (Å²) in [5, 5.41) is 2.50. The Labute approximate surface area is 130 Å². The highest BCUT2D eigenvalue weighted by molar-refractivity contribution is 7.89. The van der Waals surface area contributed by atoms with Crippen LogP contribution in [0.5, 0.6) is 0 Å². The van der Waals surface area contributed by atoms with Crippen LogP contribution in [0.25, 0.3) is 11.1 Å². The van der Waals surface area contributed by atoms with Gasteiger partial charge >= 0.3 is 5.76 Å². The van der Waals surface area contributed by atoms with Gasteiger partial charge in [-0.15, -0.1) is 11.3 Å². The third kappa shape index (κ3) is 2.47. The number of oxazole rings is 1. The van der Waals surface area contributed by atoms with Gasteiger partial charge in [-0.2, -0.15) is 4.31 Å². The van der Waals surface area contributed by atoms with Crippen LogP contribution in [0.4, 0.5) is 0 Å². The molecule has 1 aromatic carbocycles. The number of aryl methyl sites for hydroxylation is 1. The monoisotopic (exact) mass is 339 g/mol. The van der Waals surface area contributed by atoms with E-state index >= 15 is 0 Å². The van der Waals surface area contributed by atoms with Gasteiger partial charge in [-0.25, -0.2) is 18.2 Å². The molecule has 7 nitrogen and oxygen atoms in total. The molecule has 0 amide bonds. The Bertz CT molecular complexity index is 971. The summed E-state index contributed by atoms with van der Waals surface area (Å²) in [6.45, 7) is 0.191. The third-order valence-corrected chi connectivity index (χ3v) is 5.88. The van der Waals surface area contributed by atoms with Gasteiger partial charge in [-0.1, -0.05) is 0 Å². The number of hydrogen-bond donors (Lipinski definition) is 0. The molecule has 0 radical (unpaired) electrons. The summed E-state index contributed by atoms with van der Waals surface area (Å²) in [5.74, 6) is -0.527. The lowest BCUT2D eigenvalue weighted by Crippen LogP contribution is -2.26. The molecule has 22 heavy (non-hydrogen) atoms. The SMILES string of the molecule is CN(Cc1nccs1)S(=O)(=O)c1ccc2c(c1)oc(=O)n2C. The van der Waals surface area contributed by atoms with Gasteiger partial charge in [0.2, 0.25) is 10.0 Å². The zero-order valence-electron chi connectivity index (χ0n) is 11.9. The molecule has 0 aliphatic heterocycles. The lowest BCUT2D eigenvalue weighted by atomic mass is 10.3. The number of hydrogen-bond acceptors (Lipinski definition) is 6. The molecule has 0 aliphatic carbocycles. The van der Waals surface area contributed by atoms with Crippen LogP contribution in [0.1, 0.15) is 5.01 Å². The first kappa shape index (κ1) is 14.9. The first-order valence-electron chi connectivity index (χ1n) is 6.34. The molecule has 0 unspecified atom stereocenters. The molecule has 3 rings (SSSR count). The summed E-state index contributed by atoms with van der Waals surface area (Å²) >= 11 is 1.39. The molecule has 0 aliphatic rings. The lowest BCUT2D eigenvalue weighted by Gasteiger charge is -2.15. The highest BCUT2D eigenvalue weighted by atomic mass is 32.2. The molecule has 0 atom stereocenters. The molecule has 116 valence electrons. The standard InChI is InChI=1S/C13H13N3O4S2/c1-15(8-12-14-5-6-21-12)22(18,19)9-3-4-10-11(7-9)20-13(17)16(10)2/h3-7H,8H2,1-2H3. The minimum absolute atomic E-state index is 0.0772. The fraction of sp³-hybridized carbons (Fsp3) is 0.231. The number of benzene rings is 1. The van der Waals surface area contributed by atoms with Crippen LogP contribution >= 0.6 is 11.3 Å². The van der Waals surface area contributed by atoms with Gasteiger partial charge in [0, 0.05) is 31.7 Å². The maximum Gasteiger partial charge on any atom is 0.419 e. The second-order valence-corrected chi connectivity index (χ2v) is 7.77. The number of fused-ring (bicyclic) bond motifs is 1. The van der Waals surface area contributed by atoms with E-state index in [1.807, 2.05) is 0 Å². The van der Waals surface area contributed by atoms with Crippen molar-refractivity contribution in [2.24, 2.45) is 7.05 Å². The Morgan fingerprint density at radius 3 is 2.86 bits per heavy atom. The minimum atomic E-state index is -3.68. The highest BCUT2D eigenvalue weighted by Gasteiger charge is 2.23. The average Bonchev–Trinajstić information content (AvgIpc) is 3.08. The molecule has 0 spiro atoms. The van der Waals surface area contributed by atoms with E-state index in [1.54, 1.807) is 24.7 Å². The largest absolute Gasteiger partial charge is 0.419 e. The van der Waals surface area contributed by atoms with Gasteiger partial charge in [0.25, 0.3) is 0 Å².